The van der Waals surface area contributed by atoms with Crippen LogP contribution in [0.3, 0.4) is 0 Å². The van der Waals surface area contributed by atoms with Crippen molar-refractivity contribution in [3.63, 3.8) is 0 Å². The number of alkyl halides is 1. The van der Waals surface area contributed by atoms with E-state index >= 15 is 0 Å². The molecule has 0 saturated heterocycles. The minimum atomic E-state index is -5.00. The molecule has 2 unspecified atom stereocenters. The molecular formula is C72H94ClN10O21PS. The van der Waals surface area contributed by atoms with Crippen LogP contribution in [0, 0.1) is 5.92 Å². The van der Waals surface area contributed by atoms with E-state index in [2.05, 4.69) is 21.3 Å². The number of primary amides is 1. The number of likely N-dealkylation sites (N-methyl/N-ethyl adjacent to an activating group) is 1. The summed E-state index contributed by atoms with van der Waals surface area (Å²) in [6.07, 6.45) is -0.680. The minimum absolute atomic E-state index is 0.00466. The van der Waals surface area contributed by atoms with E-state index in [1.165, 1.54) is 34.9 Å². The molecule has 0 bridgehead atoms. The zero-order valence-corrected chi connectivity index (χ0v) is 62.2. The van der Waals surface area contributed by atoms with Gasteiger partial charge in [0.2, 0.25) is 17.7 Å². The number of methoxy groups -OCH3 is 1. The van der Waals surface area contributed by atoms with Gasteiger partial charge in [-0.3, -0.25) is 33.8 Å². The highest BCUT2D eigenvalue weighted by Gasteiger charge is 2.38. The van der Waals surface area contributed by atoms with E-state index in [4.69, 9.17) is 70.2 Å². The lowest BCUT2D eigenvalue weighted by Crippen LogP contribution is -2.54. The van der Waals surface area contributed by atoms with Gasteiger partial charge in [0.1, 0.15) is 30.2 Å². The number of halogens is 1. The number of anilines is 3. The van der Waals surface area contributed by atoms with Crippen LogP contribution in [0.25, 0.3) is 21.5 Å². The van der Waals surface area contributed by atoms with Gasteiger partial charge in [-0.2, -0.15) is 0 Å². The summed E-state index contributed by atoms with van der Waals surface area (Å²) >= 11 is 7.48. The Bertz CT molecular complexity index is 4000. The second-order valence-corrected chi connectivity index (χ2v) is 27.6. The van der Waals surface area contributed by atoms with Crippen LogP contribution in [0.5, 0.6) is 11.5 Å². The summed E-state index contributed by atoms with van der Waals surface area (Å²) < 4.78 is 67.0. The molecule has 3 heterocycles. The van der Waals surface area contributed by atoms with Gasteiger partial charge in [0.15, 0.2) is 0 Å². The van der Waals surface area contributed by atoms with Crippen LogP contribution in [0.1, 0.15) is 75.1 Å². The van der Waals surface area contributed by atoms with Gasteiger partial charge < -0.3 is 99.5 Å². The molecule has 9 amide bonds. The maximum absolute atomic E-state index is 14.6. The van der Waals surface area contributed by atoms with Crippen molar-refractivity contribution < 1.29 is 99.9 Å². The molecule has 1 aromatic heterocycles. The highest BCUT2D eigenvalue weighted by molar-refractivity contribution is 7.46. The van der Waals surface area contributed by atoms with Gasteiger partial charge >= 0.3 is 26.0 Å². The minimum Gasteiger partial charge on any atom is -0.445 e. The Morgan fingerprint density at radius 2 is 1.25 bits per heavy atom. The summed E-state index contributed by atoms with van der Waals surface area (Å²) in [5.41, 5.74) is 14.0. The van der Waals surface area contributed by atoms with Gasteiger partial charge in [-0.25, -0.2) is 18.9 Å². The third-order valence-corrected chi connectivity index (χ3v) is 19.0. The van der Waals surface area contributed by atoms with Crippen molar-refractivity contribution in [1.82, 2.24) is 25.8 Å². The zero-order valence-electron chi connectivity index (χ0n) is 59.8. The number of carbonyl (C=O) groups excluding carboxylic acids is 8. The Labute approximate surface area is 623 Å². The molecule has 31 nitrogen and oxygen atoms in total. The zero-order chi connectivity index (χ0) is 76.1. The van der Waals surface area contributed by atoms with E-state index in [9.17, 15) is 52.7 Å². The van der Waals surface area contributed by atoms with E-state index in [0.29, 0.717) is 111 Å². The number of phosphoric ester groups is 1. The first-order chi connectivity index (χ1) is 51.1. The van der Waals surface area contributed by atoms with Crippen LogP contribution in [0.4, 0.5) is 31.4 Å². The second-order valence-electron chi connectivity index (χ2n) is 25.0. The number of benzene rings is 5. The number of fused-ring (bicyclic) bond motifs is 6. The van der Waals surface area contributed by atoms with Gasteiger partial charge in [-0.15, -0.1) is 22.9 Å². The smallest absolute Gasteiger partial charge is 0.445 e. The first-order valence-electron chi connectivity index (χ1n) is 34.8. The van der Waals surface area contributed by atoms with Crippen LogP contribution in [0.2, 0.25) is 0 Å². The van der Waals surface area contributed by atoms with Crippen molar-refractivity contribution in [3.8, 4) is 11.5 Å². The summed E-state index contributed by atoms with van der Waals surface area (Å²) in [5, 5.41) is 13.2. The molecule has 8 rings (SSSR count). The standard InChI is InChI=1S/C72H94ClN10O21PS/c1-47(2)65(79-63(84)22-29-96-32-34-98-36-38-100-40-41-101-39-37-99-35-33-97-30-23-74)67(86)78-56(14-9-24-76-70(75)89)66(85)77-50-17-15-48(16-18-50)46-102-71(90)80(3)26-27-81(28-31-95-4)72(91)103-59-42-57-52(51-10-5-6-11-53(51)59)21-25-82(57)68(87)61-19-20-62(106-61)69(88)83-45-49(44-73)64-55-13-8-7-12-54(55)60(43-58(64)83)104-105(92,93)94/h5-8,10-13,15-20,42-43,47,49,56,65H,9,14,21-41,44-46,74H2,1-4H3,(H,77,85)(H,78,86)(H,79,84)(H3,75,76,89)(H2,92,93,94)/t49-,56?,65?/m1/s1. The fourth-order valence-electron chi connectivity index (χ4n) is 11.8. The Morgan fingerprint density at radius 1 is 0.679 bits per heavy atom. The van der Waals surface area contributed by atoms with Gasteiger partial charge in [-0.05, 0) is 76.9 Å². The predicted octanol–water partition coefficient (Wildman–Crippen LogP) is 6.89. The third-order valence-electron chi connectivity index (χ3n) is 17.1. The summed E-state index contributed by atoms with van der Waals surface area (Å²) in [6, 6.07) is 24.1. The number of urea groups is 1. The van der Waals surface area contributed by atoms with Crippen molar-refractivity contribution >= 4 is 117 Å². The summed E-state index contributed by atoms with van der Waals surface area (Å²) in [4.78, 5) is 135. The number of nitrogens with two attached hydrogens (primary N) is 2. The number of hydrogen-bond acceptors (Lipinski definition) is 21. The first-order valence-corrected chi connectivity index (χ1v) is 37.6. The Morgan fingerprint density at radius 3 is 1.84 bits per heavy atom. The Kier molecular flexibility index (Phi) is 33.0. The maximum atomic E-state index is 14.6. The average molecular weight is 1530 g/mol. The topological polar surface area (TPSA) is 400 Å². The number of phosphoric acid groups is 1. The number of nitrogens with one attached hydrogen (secondary N) is 4. The molecule has 6 aromatic rings. The van der Waals surface area contributed by atoms with E-state index in [1.807, 2.05) is 18.2 Å². The first kappa shape index (κ1) is 83.0. The second kappa shape index (κ2) is 42.1. The molecule has 106 heavy (non-hydrogen) atoms. The lowest BCUT2D eigenvalue weighted by molar-refractivity contribution is -0.132. The molecule has 0 radical (unpaired) electrons. The summed E-state index contributed by atoms with van der Waals surface area (Å²) in [5.74, 6) is -2.95. The van der Waals surface area contributed by atoms with Crippen LogP contribution < -0.4 is 51.8 Å². The van der Waals surface area contributed by atoms with Crippen LogP contribution in [0.15, 0.2) is 97.1 Å². The number of carbonyl (C=O) groups is 8. The molecule has 5 aromatic carbocycles. The predicted molar refractivity (Wildman–Crippen MR) is 397 cm³/mol. The summed E-state index contributed by atoms with van der Waals surface area (Å²) in [6.45, 7) is 9.02. The van der Waals surface area contributed by atoms with Gasteiger partial charge in [0.05, 0.1) is 107 Å². The van der Waals surface area contributed by atoms with E-state index < -0.39 is 67.7 Å². The highest BCUT2D eigenvalue weighted by atomic mass is 35.5. The average Bonchev–Trinajstić information content (AvgIpc) is 1.56. The number of amides is 9. The molecule has 2 aliphatic rings. The third kappa shape index (κ3) is 24.5. The molecule has 34 heteroatoms. The lowest BCUT2D eigenvalue weighted by Gasteiger charge is -2.25. The van der Waals surface area contributed by atoms with Crippen molar-refractivity contribution in [1.29, 1.82) is 0 Å². The molecule has 0 saturated carbocycles. The van der Waals surface area contributed by atoms with Crippen molar-refractivity contribution in [3.05, 3.63) is 124 Å². The SMILES string of the molecule is COCCN(CCN(C)C(=O)OCc1ccc(NC(=O)C(CCCNC(N)=O)NC(=O)C(NC(=O)CCOCCOCCOCCOCCOCCOCCN)C(C)C)cc1)C(=O)Oc1cc2c(c3ccccc13)CCN2C(=O)c1ccc(C(=O)N2C[C@@H](CCl)c3c2cc(OP(=O)(O)O)c2ccccc32)s1. The molecular weight excluding hydrogens is 1440 g/mol. The molecule has 3 atom stereocenters. The molecule has 10 N–H and O–H groups in total. The monoisotopic (exact) mass is 1530 g/mol. The highest BCUT2D eigenvalue weighted by Crippen LogP contribution is 2.50. The molecule has 576 valence electrons. The van der Waals surface area contributed by atoms with Crippen molar-refractivity contribution in [2.24, 2.45) is 17.4 Å². The maximum Gasteiger partial charge on any atom is 0.524 e. The van der Waals surface area contributed by atoms with E-state index in [1.54, 1.807) is 91.5 Å². The van der Waals surface area contributed by atoms with Crippen molar-refractivity contribution in [2.75, 3.05) is 167 Å². The molecule has 0 spiro atoms. The quantitative estimate of drug-likeness (QED) is 0.0110. The number of ether oxygens (including phenoxy) is 9. The van der Waals surface area contributed by atoms with E-state index in [-0.39, 0.29) is 131 Å². The molecule has 0 aliphatic carbocycles. The largest absolute Gasteiger partial charge is 0.524 e. The summed E-state index contributed by atoms with van der Waals surface area (Å²) in [7, 11) is -2.01. The Hall–Kier alpha value is -8.60. The van der Waals surface area contributed by atoms with Crippen LogP contribution in [-0.4, -0.2) is 231 Å². The normalized spacial score (nSPS) is 13.8. The number of thiophene rings is 1. The molecule has 2 aliphatic heterocycles. The van der Waals surface area contributed by atoms with E-state index in [0.717, 1.165) is 27.8 Å². The Balaban J connectivity index is 0.797. The number of nitrogens with zero attached hydrogens (tertiary/aromatic N) is 4. The van der Waals surface area contributed by atoms with Crippen LogP contribution in [-0.2, 0) is 69.9 Å². The van der Waals surface area contributed by atoms with Crippen LogP contribution >= 0.6 is 30.8 Å². The van der Waals surface area contributed by atoms with Gasteiger partial charge in [0.25, 0.3) is 11.8 Å². The van der Waals surface area contributed by atoms with Gasteiger partial charge in [-0.1, -0.05) is 74.5 Å². The fourth-order valence-corrected chi connectivity index (χ4v) is 13.3. The number of rotatable bonds is 44. The number of hydrogen-bond donors (Lipinski definition) is 8. The molecule has 0 fully saturated rings. The fraction of sp³-hybridized carbons (Fsp3) is 0.472. The van der Waals surface area contributed by atoms with Gasteiger partial charge in [0, 0.05) is 107 Å². The lowest BCUT2D eigenvalue weighted by atomic mass is 9.95. The van der Waals surface area contributed by atoms with Crippen molar-refractivity contribution in [2.45, 2.75) is 64.1 Å².